The van der Waals surface area contributed by atoms with Crippen molar-refractivity contribution in [2.75, 3.05) is 31.4 Å². The van der Waals surface area contributed by atoms with Crippen molar-refractivity contribution in [1.29, 1.82) is 0 Å². The normalized spacial score (nSPS) is 17.9. The van der Waals surface area contributed by atoms with Gasteiger partial charge in [0.1, 0.15) is 6.04 Å². The number of carbonyl (C=O) groups excluding carboxylic acids is 1. The van der Waals surface area contributed by atoms with Crippen LogP contribution in [0.4, 0.5) is 5.95 Å². The zero-order valence-electron chi connectivity index (χ0n) is 19.7. The number of hydrogen-bond acceptors (Lipinski definition) is 8. The number of carbonyl (C=O) groups is 1. The van der Waals surface area contributed by atoms with Crippen molar-refractivity contribution >= 4 is 32.7 Å². The number of esters is 1. The van der Waals surface area contributed by atoms with Crippen molar-refractivity contribution in [1.82, 2.24) is 15.3 Å². The molecule has 1 aromatic heterocycles. The lowest BCUT2D eigenvalue weighted by atomic mass is 10.0. The SMILES string of the molecule is COC(=O)[C@@H](NC1CCCN(c2nc(C)c3ccc(S(C)(=O)=O)cc3n2)CC1)c1ccccc1. The van der Waals surface area contributed by atoms with Crippen LogP contribution in [0.5, 0.6) is 0 Å². The Morgan fingerprint density at radius 1 is 1.12 bits per heavy atom. The van der Waals surface area contributed by atoms with Crippen molar-refractivity contribution < 1.29 is 17.9 Å². The lowest BCUT2D eigenvalue weighted by Crippen LogP contribution is -2.38. The summed E-state index contributed by atoms with van der Waals surface area (Å²) in [5, 5.41) is 4.33. The molecule has 8 nitrogen and oxygen atoms in total. The van der Waals surface area contributed by atoms with E-state index >= 15 is 0 Å². The average Bonchev–Trinajstić information content (AvgIpc) is 3.07. The molecule has 0 aliphatic carbocycles. The van der Waals surface area contributed by atoms with Gasteiger partial charge in [-0.15, -0.1) is 0 Å². The zero-order chi connectivity index (χ0) is 24.3. The van der Waals surface area contributed by atoms with E-state index in [-0.39, 0.29) is 16.9 Å². The number of nitrogens with one attached hydrogen (secondary N) is 1. The second kappa shape index (κ2) is 10.1. The molecule has 1 aliphatic heterocycles. The Morgan fingerprint density at radius 2 is 1.88 bits per heavy atom. The number of sulfone groups is 1. The van der Waals surface area contributed by atoms with E-state index in [1.807, 2.05) is 37.3 Å². The van der Waals surface area contributed by atoms with Crippen LogP contribution in [0, 0.1) is 6.92 Å². The second-order valence-corrected chi connectivity index (χ2v) is 10.7. The van der Waals surface area contributed by atoms with Crippen LogP contribution in [-0.2, 0) is 19.4 Å². The Morgan fingerprint density at radius 3 is 2.59 bits per heavy atom. The lowest BCUT2D eigenvalue weighted by molar-refractivity contribution is -0.143. The molecule has 0 radical (unpaired) electrons. The van der Waals surface area contributed by atoms with Crippen LogP contribution in [0.25, 0.3) is 10.9 Å². The molecule has 1 N–H and O–H groups in total. The maximum absolute atomic E-state index is 12.5. The number of fused-ring (bicyclic) bond motifs is 1. The maximum Gasteiger partial charge on any atom is 0.327 e. The summed E-state index contributed by atoms with van der Waals surface area (Å²) in [5.74, 6) is 0.298. The van der Waals surface area contributed by atoms with Crippen molar-refractivity contribution in [3.63, 3.8) is 0 Å². The highest BCUT2D eigenvalue weighted by molar-refractivity contribution is 7.90. The van der Waals surface area contributed by atoms with Gasteiger partial charge in [-0.2, -0.15) is 0 Å². The van der Waals surface area contributed by atoms with E-state index in [0.29, 0.717) is 11.5 Å². The van der Waals surface area contributed by atoms with Gasteiger partial charge in [0.2, 0.25) is 5.95 Å². The smallest absolute Gasteiger partial charge is 0.327 e. The summed E-state index contributed by atoms with van der Waals surface area (Å²) < 4.78 is 29.0. The summed E-state index contributed by atoms with van der Waals surface area (Å²) in [4.78, 5) is 24.3. The highest BCUT2D eigenvalue weighted by Crippen LogP contribution is 2.25. The number of rotatable bonds is 6. The van der Waals surface area contributed by atoms with Gasteiger partial charge in [0, 0.05) is 30.8 Å². The molecule has 2 aromatic carbocycles. The van der Waals surface area contributed by atoms with Gasteiger partial charge < -0.3 is 9.64 Å². The fraction of sp³-hybridized carbons (Fsp3) is 0.400. The number of nitrogens with zero attached hydrogens (tertiary/aromatic N) is 3. The van der Waals surface area contributed by atoms with Gasteiger partial charge >= 0.3 is 5.97 Å². The number of aryl methyl sites for hydroxylation is 1. The third-order valence-corrected chi connectivity index (χ3v) is 7.37. The van der Waals surface area contributed by atoms with Gasteiger partial charge in [0.05, 0.1) is 23.2 Å². The van der Waals surface area contributed by atoms with E-state index in [0.717, 1.165) is 49.0 Å². The largest absolute Gasteiger partial charge is 0.468 e. The molecule has 4 rings (SSSR count). The van der Waals surface area contributed by atoms with Gasteiger partial charge in [0.15, 0.2) is 9.84 Å². The van der Waals surface area contributed by atoms with Gasteiger partial charge in [-0.25, -0.2) is 23.2 Å². The number of anilines is 1. The second-order valence-electron chi connectivity index (χ2n) is 8.71. The monoisotopic (exact) mass is 482 g/mol. The molecule has 180 valence electrons. The predicted molar refractivity (Wildman–Crippen MR) is 132 cm³/mol. The van der Waals surface area contributed by atoms with E-state index in [9.17, 15) is 13.2 Å². The lowest BCUT2D eigenvalue weighted by Gasteiger charge is -2.24. The first-order valence-corrected chi connectivity index (χ1v) is 13.3. The Balaban J connectivity index is 1.53. The Labute approximate surface area is 200 Å². The molecule has 3 aromatic rings. The fourth-order valence-electron chi connectivity index (χ4n) is 4.39. The summed E-state index contributed by atoms with van der Waals surface area (Å²) >= 11 is 0. The molecule has 1 aliphatic rings. The summed E-state index contributed by atoms with van der Waals surface area (Å²) in [6.07, 6.45) is 3.82. The molecule has 2 heterocycles. The quantitative estimate of drug-likeness (QED) is 0.535. The summed E-state index contributed by atoms with van der Waals surface area (Å²) in [6, 6.07) is 14.2. The molecule has 0 saturated carbocycles. The summed E-state index contributed by atoms with van der Waals surface area (Å²) in [5.41, 5.74) is 2.32. The van der Waals surface area contributed by atoms with Crippen LogP contribution < -0.4 is 10.2 Å². The molecule has 1 saturated heterocycles. The fourth-order valence-corrected chi connectivity index (χ4v) is 5.03. The van der Waals surface area contributed by atoms with E-state index in [1.54, 1.807) is 18.2 Å². The maximum atomic E-state index is 12.5. The average molecular weight is 483 g/mol. The molecule has 0 spiro atoms. The number of benzene rings is 2. The van der Waals surface area contributed by atoms with Gasteiger partial charge in [-0.3, -0.25) is 5.32 Å². The van der Waals surface area contributed by atoms with Gasteiger partial charge in [-0.1, -0.05) is 30.3 Å². The highest BCUT2D eigenvalue weighted by atomic mass is 32.2. The minimum atomic E-state index is -3.32. The Kier molecular flexibility index (Phi) is 7.13. The Hall–Kier alpha value is -3.04. The van der Waals surface area contributed by atoms with Crippen molar-refractivity contribution in [3.8, 4) is 0 Å². The van der Waals surface area contributed by atoms with E-state index < -0.39 is 15.9 Å². The molecule has 0 bridgehead atoms. The molecule has 9 heteroatoms. The molecule has 2 atom stereocenters. The minimum Gasteiger partial charge on any atom is -0.468 e. The number of methoxy groups -OCH3 is 1. The van der Waals surface area contributed by atoms with Crippen molar-refractivity contribution in [2.24, 2.45) is 0 Å². The molecule has 34 heavy (non-hydrogen) atoms. The standard InChI is InChI=1S/C25H30N4O4S/c1-17-21-12-11-20(34(3,31)32)16-22(21)28-25(26-17)29-14-7-10-19(13-15-29)27-23(24(30)33-2)18-8-5-4-6-9-18/h4-6,8-9,11-12,16,19,23,27H,7,10,13-15H2,1-3H3/t19?,23-/m0/s1. The van der Waals surface area contributed by atoms with Crippen LogP contribution in [0.1, 0.15) is 36.6 Å². The topological polar surface area (TPSA) is 101 Å². The highest BCUT2D eigenvalue weighted by Gasteiger charge is 2.27. The van der Waals surface area contributed by atoms with Gasteiger partial charge in [-0.05, 0) is 49.9 Å². The molecule has 1 fully saturated rings. The molecule has 0 amide bonds. The zero-order valence-corrected chi connectivity index (χ0v) is 20.5. The predicted octanol–water partition coefficient (Wildman–Crippen LogP) is 3.20. The molecular formula is C25H30N4O4S. The van der Waals surface area contributed by atoms with Crippen molar-refractivity contribution in [2.45, 2.75) is 43.2 Å². The number of aromatic nitrogens is 2. The summed E-state index contributed by atoms with van der Waals surface area (Å²) in [6.45, 7) is 3.41. The van der Waals surface area contributed by atoms with E-state index in [1.165, 1.54) is 13.4 Å². The van der Waals surface area contributed by atoms with Crippen LogP contribution in [0.2, 0.25) is 0 Å². The number of hydrogen-bond donors (Lipinski definition) is 1. The first-order valence-electron chi connectivity index (χ1n) is 11.4. The number of ether oxygens (including phenoxy) is 1. The minimum absolute atomic E-state index is 0.132. The first kappa shape index (κ1) is 24.1. The van der Waals surface area contributed by atoms with Crippen LogP contribution >= 0.6 is 0 Å². The molecule has 1 unspecified atom stereocenters. The molecular weight excluding hydrogens is 452 g/mol. The van der Waals surface area contributed by atoms with Crippen LogP contribution in [-0.4, -0.2) is 56.9 Å². The first-order chi connectivity index (χ1) is 16.3. The van der Waals surface area contributed by atoms with Gasteiger partial charge in [0.25, 0.3) is 0 Å². The van der Waals surface area contributed by atoms with Crippen LogP contribution in [0.15, 0.2) is 53.4 Å². The van der Waals surface area contributed by atoms with E-state index in [2.05, 4.69) is 10.2 Å². The Bertz CT molecular complexity index is 1280. The third kappa shape index (κ3) is 5.37. The van der Waals surface area contributed by atoms with E-state index in [4.69, 9.17) is 14.7 Å². The van der Waals surface area contributed by atoms with Crippen LogP contribution in [0.3, 0.4) is 0 Å². The van der Waals surface area contributed by atoms with Crippen molar-refractivity contribution in [3.05, 3.63) is 59.8 Å². The summed E-state index contributed by atoms with van der Waals surface area (Å²) in [7, 11) is -1.92. The third-order valence-electron chi connectivity index (χ3n) is 6.26.